The molecular formula is C12H22O2. The maximum Gasteiger partial charge on any atom is 0.118 e. The summed E-state index contributed by atoms with van der Waals surface area (Å²) in [6.07, 6.45) is 3.49. The Morgan fingerprint density at radius 3 is 2.50 bits per heavy atom. The number of ether oxygens (including phenoxy) is 2. The van der Waals surface area contributed by atoms with Crippen molar-refractivity contribution in [2.24, 2.45) is 0 Å². The Labute approximate surface area is 88.0 Å². The Bertz CT molecular complexity index is 167. The average molecular weight is 198 g/mol. The number of rotatable bonds is 7. The van der Waals surface area contributed by atoms with E-state index in [1.165, 1.54) is 12.8 Å². The molecule has 0 aliphatic heterocycles. The Kier molecular flexibility index (Phi) is 10.2. The second-order valence-electron chi connectivity index (χ2n) is 3.04. The van der Waals surface area contributed by atoms with Crippen LogP contribution in [-0.4, -0.2) is 25.9 Å². The van der Waals surface area contributed by atoms with E-state index in [0.29, 0.717) is 6.61 Å². The van der Waals surface area contributed by atoms with E-state index in [0.717, 1.165) is 19.6 Å². The van der Waals surface area contributed by atoms with E-state index < -0.39 is 0 Å². The van der Waals surface area contributed by atoms with E-state index in [4.69, 9.17) is 9.47 Å². The monoisotopic (exact) mass is 198 g/mol. The van der Waals surface area contributed by atoms with Gasteiger partial charge in [0.15, 0.2) is 0 Å². The summed E-state index contributed by atoms with van der Waals surface area (Å²) in [5.41, 5.74) is 0. The molecule has 0 radical (unpaired) electrons. The van der Waals surface area contributed by atoms with E-state index in [1.54, 1.807) is 0 Å². The van der Waals surface area contributed by atoms with Crippen molar-refractivity contribution in [1.29, 1.82) is 0 Å². The summed E-state index contributed by atoms with van der Waals surface area (Å²) in [6.45, 7) is 8.13. The van der Waals surface area contributed by atoms with Crippen LogP contribution in [0.25, 0.3) is 0 Å². The van der Waals surface area contributed by atoms with Gasteiger partial charge in [0.1, 0.15) is 12.7 Å². The minimum Gasteiger partial charge on any atom is -0.369 e. The maximum atomic E-state index is 5.50. The molecule has 0 fully saturated rings. The van der Waals surface area contributed by atoms with Crippen LogP contribution in [-0.2, 0) is 9.47 Å². The van der Waals surface area contributed by atoms with E-state index >= 15 is 0 Å². The summed E-state index contributed by atoms with van der Waals surface area (Å²) in [5, 5.41) is 0. The van der Waals surface area contributed by atoms with Crippen molar-refractivity contribution in [3.05, 3.63) is 0 Å². The summed E-state index contributed by atoms with van der Waals surface area (Å²) >= 11 is 0. The number of unbranched alkanes of at least 4 members (excludes halogenated alkanes) is 1. The summed E-state index contributed by atoms with van der Waals surface area (Å²) in [4.78, 5) is 0. The number of hydrogen-bond acceptors (Lipinski definition) is 2. The third kappa shape index (κ3) is 8.10. The molecule has 0 heterocycles. The molecule has 0 aromatic rings. The van der Waals surface area contributed by atoms with Gasteiger partial charge in [0.25, 0.3) is 0 Å². The largest absolute Gasteiger partial charge is 0.369 e. The predicted molar refractivity (Wildman–Crippen MR) is 59.2 cm³/mol. The third-order valence-electron chi connectivity index (χ3n) is 1.83. The van der Waals surface area contributed by atoms with Gasteiger partial charge in [-0.1, -0.05) is 31.6 Å². The molecule has 1 unspecified atom stereocenters. The van der Waals surface area contributed by atoms with Crippen LogP contribution < -0.4 is 0 Å². The topological polar surface area (TPSA) is 18.5 Å². The SMILES string of the molecule is CCCCC(C#CCOCC)OCC. The van der Waals surface area contributed by atoms with Crippen LogP contribution in [0.2, 0.25) is 0 Å². The molecule has 82 valence electrons. The van der Waals surface area contributed by atoms with Gasteiger partial charge < -0.3 is 9.47 Å². The lowest BCUT2D eigenvalue weighted by molar-refractivity contribution is 0.0948. The van der Waals surface area contributed by atoms with Gasteiger partial charge in [-0.3, -0.25) is 0 Å². The van der Waals surface area contributed by atoms with Crippen molar-refractivity contribution in [2.45, 2.75) is 46.1 Å². The van der Waals surface area contributed by atoms with Gasteiger partial charge in [0.2, 0.25) is 0 Å². The fourth-order valence-electron chi connectivity index (χ4n) is 1.10. The van der Waals surface area contributed by atoms with Gasteiger partial charge in [0.05, 0.1) is 0 Å². The molecule has 0 aliphatic rings. The van der Waals surface area contributed by atoms with Crippen molar-refractivity contribution in [2.75, 3.05) is 19.8 Å². The summed E-state index contributed by atoms with van der Waals surface area (Å²) in [5.74, 6) is 6.08. The van der Waals surface area contributed by atoms with Crippen molar-refractivity contribution in [3.8, 4) is 11.8 Å². The molecule has 0 amide bonds. The zero-order chi connectivity index (χ0) is 10.6. The highest BCUT2D eigenvalue weighted by Gasteiger charge is 2.02. The van der Waals surface area contributed by atoms with Crippen molar-refractivity contribution in [1.82, 2.24) is 0 Å². The van der Waals surface area contributed by atoms with Gasteiger partial charge in [0, 0.05) is 13.2 Å². The second kappa shape index (κ2) is 10.6. The standard InChI is InChI=1S/C12H22O2/c1-4-7-9-12(14-6-3)10-8-11-13-5-2/h12H,4-7,9,11H2,1-3H3. The minimum atomic E-state index is 0.0976. The van der Waals surface area contributed by atoms with E-state index in [9.17, 15) is 0 Å². The van der Waals surface area contributed by atoms with Crippen molar-refractivity contribution in [3.63, 3.8) is 0 Å². The predicted octanol–water partition coefficient (Wildman–Crippen LogP) is 2.62. The first-order valence-electron chi connectivity index (χ1n) is 5.52. The first-order chi connectivity index (χ1) is 6.85. The normalized spacial score (nSPS) is 11.9. The molecular weight excluding hydrogens is 176 g/mol. The molecule has 0 aromatic heterocycles. The van der Waals surface area contributed by atoms with Crippen LogP contribution >= 0.6 is 0 Å². The van der Waals surface area contributed by atoms with Crippen LogP contribution in [0.3, 0.4) is 0 Å². The molecule has 14 heavy (non-hydrogen) atoms. The minimum absolute atomic E-state index is 0.0976. The first kappa shape index (κ1) is 13.5. The number of hydrogen-bond donors (Lipinski definition) is 0. The van der Waals surface area contributed by atoms with Crippen LogP contribution in [0.4, 0.5) is 0 Å². The lowest BCUT2D eigenvalue weighted by Gasteiger charge is -2.09. The van der Waals surface area contributed by atoms with Gasteiger partial charge in [-0.25, -0.2) is 0 Å². The Hall–Kier alpha value is -0.520. The molecule has 1 atom stereocenters. The third-order valence-corrected chi connectivity index (χ3v) is 1.83. The molecule has 0 N–H and O–H groups in total. The fourth-order valence-corrected chi connectivity index (χ4v) is 1.10. The zero-order valence-corrected chi connectivity index (χ0v) is 9.64. The highest BCUT2D eigenvalue weighted by molar-refractivity contribution is 5.05. The average Bonchev–Trinajstić information content (AvgIpc) is 2.20. The van der Waals surface area contributed by atoms with Crippen LogP contribution in [0.1, 0.15) is 40.0 Å². The molecule has 0 saturated heterocycles. The van der Waals surface area contributed by atoms with Gasteiger partial charge in [-0.2, -0.15) is 0 Å². The highest BCUT2D eigenvalue weighted by Crippen LogP contribution is 2.03. The van der Waals surface area contributed by atoms with Gasteiger partial charge in [-0.15, -0.1) is 0 Å². The maximum absolute atomic E-state index is 5.50. The smallest absolute Gasteiger partial charge is 0.118 e. The Balaban J connectivity index is 3.73. The molecule has 0 bridgehead atoms. The molecule has 0 aromatic carbocycles. The van der Waals surface area contributed by atoms with E-state index in [2.05, 4.69) is 18.8 Å². The quantitative estimate of drug-likeness (QED) is 0.462. The van der Waals surface area contributed by atoms with Crippen molar-refractivity contribution >= 4 is 0 Å². The summed E-state index contributed by atoms with van der Waals surface area (Å²) in [6, 6.07) is 0. The first-order valence-corrected chi connectivity index (χ1v) is 5.52. The fraction of sp³-hybridized carbons (Fsp3) is 0.833. The van der Waals surface area contributed by atoms with Gasteiger partial charge in [-0.05, 0) is 20.3 Å². The summed E-state index contributed by atoms with van der Waals surface area (Å²) < 4.78 is 10.6. The zero-order valence-electron chi connectivity index (χ0n) is 9.64. The van der Waals surface area contributed by atoms with E-state index in [1.807, 2.05) is 13.8 Å². The molecule has 0 saturated carbocycles. The highest BCUT2D eigenvalue weighted by atomic mass is 16.5. The lowest BCUT2D eigenvalue weighted by Crippen LogP contribution is -2.10. The van der Waals surface area contributed by atoms with Crippen molar-refractivity contribution < 1.29 is 9.47 Å². The Morgan fingerprint density at radius 2 is 1.93 bits per heavy atom. The molecule has 0 aliphatic carbocycles. The second-order valence-corrected chi connectivity index (χ2v) is 3.04. The van der Waals surface area contributed by atoms with E-state index in [-0.39, 0.29) is 6.10 Å². The van der Waals surface area contributed by atoms with Crippen LogP contribution in [0.5, 0.6) is 0 Å². The van der Waals surface area contributed by atoms with Gasteiger partial charge >= 0.3 is 0 Å². The van der Waals surface area contributed by atoms with Crippen LogP contribution in [0, 0.1) is 11.8 Å². The van der Waals surface area contributed by atoms with Crippen LogP contribution in [0.15, 0.2) is 0 Å². The Morgan fingerprint density at radius 1 is 1.14 bits per heavy atom. The molecule has 0 spiro atoms. The molecule has 2 nitrogen and oxygen atoms in total. The lowest BCUT2D eigenvalue weighted by atomic mass is 10.1. The molecule has 2 heteroatoms. The summed E-state index contributed by atoms with van der Waals surface area (Å²) in [7, 11) is 0. The molecule has 0 rings (SSSR count).